The van der Waals surface area contributed by atoms with Gasteiger partial charge in [0, 0.05) is 52.2 Å². The van der Waals surface area contributed by atoms with Crippen LogP contribution in [0.25, 0.3) is 0 Å². The van der Waals surface area contributed by atoms with Gasteiger partial charge in [0.15, 0.2) is 0 Å². The summed E-state index contributed by atoms with van der Waals surface area (Å²) >= 11 is 0. The average Bonchev–Trinajstić information content (AvgIpc) is 3.05. The van der Waals surface area contributed by atoms with Crippen LogP contribution in [0.15, 0.2) is 48.8 Å². The van der Waals surface area contributed by atoms with Crippen LogP contribution in [-0.4, -0.2) is 46.6 Å². The van der Waals surface area contributed by atoms with Gasteiger partial charge in [0.05, 0.1) is 0 Å². The first-order chi connectivity index (χ1) is 12.1. The van der Waals surface area contributed by atoms with E-state index in [4.69, 9.17) is 0 Å². The number of aromatic nitrogens is 1. The van der Waals surface area contributed by atoms with Gasteiger partial charge in [0.2, 0.25) is 0 Å². The van der Waals surface area contributed by atoms with Crippen LogP contribution in [0.4, 0.5) is 4.79 Å². The van der Waals surface area contributed by atoms with Crippen LogP contribution in [-0.2, 0) is 20.1 Å². The summed E-state index contributed by atoms with van der Waals surface area (Å²) < 4.78 is 1.99. The molecule has 1 aliphatic rings. The van der Waals surface area contributed by atoms with Crippen LogP contribution in [0.1, 0.15) is 24.0 Å². The van der Waals surface area contributed by atoms with Gasteiger partial charge in [-0.3, -0.25) is 4.90 Å². The summed E-state index contributed by atoms with van der Waals surface area (Å²) in [6.45, 7) is 3.57. The van der Waals surface area contributed by atoms with Crippen molar-refractivity contribution in [1.82, 2.24) is 19.7 Å². The largest absolute Gasteiger partial charge is 0.357 e. The van der Waals surface area contributed by atoms with Crippen LogP contribution in [0.3, 0.4) is 0 Å². The molecule has 2 amide bonds. The predicted octanol–water partition coefficient (Wildman–Crippen LogP) is 2.83. The van der Waals surface area contributed by atoms with E-state index in [1.807, 2.05) is 48.1 Å². The van der Waals surface area contributed by atoms with Crippen LogP contribution in [0.5, 0.6) is 0 Å². The first-order valence-electron chi connectivity index (χ1n) is 8.99. The monoisotopic (exact) mass is 340 g/mol. The highest BCUT2D eigenvalue weighted by molar-refractivity contribution is 5.74. The number of nitrogens with zero attached hydrogens (tertiary/aromatic N) is 3. The highest BCUT2D eigenvalue weighted by Gasteiger charge is 2.26. The molecule has 1 atom stereocenters. The van der Waals surface area contributed by atoms with Crippen molar-refractivity contribution < 1.29 is 4.79 Å². The van der Waals surface area contributed by atoms with Crippen molar-refractivity contribution in [2.24, 2.45) is 7.05 Å². The molecule has 1 aliphatic heterocycles. The number of urea groups is 1. The van der Waals surface area contributed by atoms with Crippen LogP contribution in [0, 0.1) is 0 Å². The molecule has 2 aromatic rings. The number of likely N-dealkylation sites (tertiary alicyclic amines) is 1. The minimum atomic E-state index is 0.00964. The lowest BCUT2D eigenvalue weighted by molar-refractivity contribution is 0.121. The average molecular weight is 340 g/mol. The molecule has 0 radical (unpaired) electrons. The van der Waals surface area contributed by atoms with Crippen molar-refractivity contribution in [3.63, 3.8) is 0 Å². The zero-order valence-corrected chi connectivity index (χ0v) is 15.2. The molecule has 0 aliphatic carbocycles. The number of aryl methyl sites for hydroxylation is 1. The SMILES string of the molecule is CN(C(=O)NCc1ccn(C)c1)C1CCCN(Cc2ccccc2)C1. The maximum Gasteiger partial charge on any atom is 0.317 e. The third kappa shape index (κ3) is 4.86. The van der Waals surface area contributed by atoms with E-state index in [9.17, 15) is 4.79 Å². The van der Waals surface area contributed by atoms with Gasteiger partial charge >= 0.3 is 6.03 Å². The fraction of sp³-hybridized carbons (Fsp3) is 0.450. The smallest absolute Gasteiger partial charge is 0.317 e. The van der Waals surface area contributed by atoms with Gasteiger partial charge in [-0.05, 0) is 36.6 Å². The number of carbonyl (C=O) groups is 1. The summed E-state index contributed by atoms with van der Waals surface area (Å²) in [7, 11) is 3.90. The number of carbonyl (C=O) groups excluding carboxylic acids is 1. The summed E-state index contributed by atoms with van der Waals surface area (Å²) in [5, 5.41) is 3.03. The van der Waals surface area contributed by atoms with E-state index < -0.39 is 0 Å². The second kappa shape index (κ2) is 8.21. The van der Waals surface area contributed by atoms with Gasteiger partial charge in [0.25, 0.3) is 0 Å². The molecule has 3 rings (SSSR count). The third-order valence-electron chi connectivity index (χ3n) is 4.93. The number of likely N-dealkylation sites (N-methyl/N-ethyl adjacent to an activating group) is 1. The molecule has 5 nitrogen and oxygen atoms in total. The predicted molar refractivity (Wildman–Crippen MR) is 100 cm³/mol. The lowest BCUT2D eigenvalue weighted by Crippen LogP contribution is -2.50. The molecule has 1 unspecified atom stereocenters. The minimum absolute atomic E-state index is 0.00964. The van der Waals surface area contributed by atoms with E-state index in [2.05, 4.69) is 34.5 Å². The van der Waals surface area contributed by atoms with Gasteiger partial charge < -0.3 is 14.8 Å². The molecular weight excluding hydrogens is 312 g/mol. The van der Waals surface area contributed by atoms with Crippen molar-refractivity contribution in [3.8, 4) is 0 Å². The van der Waals surface area contributed by atoms with Crippen molar-refractivity contribution in [2.45, 2.75) is 32.0 Å². The van der Waals surface area contributed by atoms with Crippen LogP contribution >= 0.6 is 0 Å². The molecule has 1 aromatic heterocycles. The molecule has 0 bridgehead atoms. The summed E-state index contributed by atoms with van der Waals surface area (Å²) in [5.74, 6) is 0. The highest BCUT2D eigenvalue weighted by Crippen LogP contribution is 2.17. The van der Waals surface area contributed by atoms with E-state index in [0.29, 0.717) is 6.54 Å². The fourth-order valence-electron chi connectivity index (χ4n) is 3.47. The fourth-order valence-corrected chi connectivity index (χ4v) is 3.47. The molecule has 134 valence electrons. The normalized spacial score (nSPS) is 18.1. The van der Waals surface area contributed by atoms with E-state index in [1.54, 1.807) is 0 Å². The van der Waals surface area contributed by atoms with Gasteiger partial charge in [-0.1, -0.05) is 30.3 Å². The highest BCUT2D eigenvalue weighted by atomic mass is 16.2. The topological polar surface area (TPSA) is 40.5 Å². The first kappa shape index (κ1) is 17.5. The Labute approximate surface area is 150 Å². The molecule has 2 heterocycles. The minimum Gasteiger partial charge on any atom is -0.357 e. The molecule has 1 N–H and O–H groups in total. The van der Waals surface area contributed by atoms with Crippen molar-refractivity contribution in [3.05, 3.63) is 59.9 Å². The number of piperidine rings is 1. The number of hydrogen-bond donors (Lipinski definition) is 1. The maximum atomic E-state index is 12.5. The molecule has 1 fully saturated rings. The quantitative estimate of drug-likeness (QED) is 0.909. The molecule has 0 spiro atoms. The second-order valence-corrected chi connectivity index (χ2v) is 6.97. The van der Waals surface area contributed by atoms with E-state index >= 15 is 0 Å². The Hall–Kier alpha value is -2.27. The van der Waals surface area contributed by atoms with Crippen molar-refractivity contribution in [1.29, 1.82) is 0 Å². The van der Waals surface area contributed by atoms with Crippen molar-refractivity contribution in [2.75, 3.05) is 20.1 Å². The Morgan fingerprint density at radius 2 is 2.04 bits per heavy atom. The summed E-state index contributed by atoms with van der Waals surface area (Å²) in [4.78, 5) is 16.8. The molecule has 1 aromatic carbocycles. The maximum absolute atomic E-state index is 12.5. The molecule has 5 heteroatoms. The lowest BCUT2D eigenvalue weighted by atomic mass is 10.0. The Bertz CT molecular complexity index is 682. The van der Waals surface area contributed by atoms with Gasteiger partial charge in [-0.15, -0.1) is 0 Å². The summed E-state index contributed by atoms with van der Waals surface area (Å²) in [5.41, 5.74) is 2.46. The Balaban J connectivity index is 1.50. The Morgan fingerprint density at radius 1 is 1.24 bits per heavy atom. The molecule has 1 saturated heterocycles. The summed E-state index contributed by atoms with van der Waals surface area (Å²) in [6, 6.07) is 12.9. The first-order valence-corrected chi connectivity index (χ1v) is 8.99. The van der Waals surface area contributed by atoms with E-state index in [-0.39, 0.29) is 12.1 Å². The molecule has 0 saturated carbocycles. The Kier molecular flexibility index (Phi) is 5.76. The van der Waals surface area contributed by atoms with Gasteiger partial charge in [-0.2, -0.15) is 0 Å². The Morgan fingerprint density at radius 3 is 2.76 bits per heavy atom. The lowest BCUT2D eigenvalue weighted by Gasteiger charge is -2.37. The van der Waals surface area contributed by atoms with Crippen molar-refractivity contribution >= 4 is 6.03 Å². The second-order valence-electron chi connectivity index (χ2n) is 6.97. The van der Waals surface area contributed by atoms with Gasteiger partial charge in [0.1, 0.15) is 0 Å². The molecule has 25 heavy (non-hydrogen) atoms. The van der Waals surface area contributed by atoms with Gasteiger partial charge in [-0.25, -0.2) is 4.79 Å². The summed E-state index contributed by atoms with van der Waals surface area (Å²) in [6.07, 6.45) is 6.23. The third-order valence-corrected chi connectivity index (χ3v) is 4.93. The van der Waals surface area contributed by atoms with Crippen LogP contribution < -0.4 is 5.32 Å². The number of nitrogens with one attached hydrogen (secondary N) is 1. The molecular formula is C20H28N4O. The number of rotatable bonds is 5. The van der Waals surface area contributed by atoms with Crippen LogP contribution in [0.2, 0.25) is 0 Å². The van der Waals surface area contributed by atoms with E-state index in [1.165, 1.54) is 5.56 Å². The number of hydrogen-bond acceptors (Lipinski definition) is 2. The number of benzene rings is 1. The number of amides is 2. The zero-order valence-electron chi connectivity index (χ0n) is 15.2. The standard InChI is InChI=1S/C20H28N4O/c1-22-12-10-18(14-22)13-21-20(25)23(2)19-9-6-11-24(16-19)15-17-7-4-3-5-8-17/h3-5,7-8,10,12,14,19H,6,9,11,13,15-16H2,1-2H3,(H,21,25). The van der Waals surface area contributed by atoms with E-state index in [0.717, 1.165) is 38.0 Å². The zero-order chi connectivity index (χ0) is 17.6.